The minimum atomic E-state index is -3.90. The molecule has 0 bridgehead atoms. The van der Waals surface area contributed by atoms with E-state index in [1.807, 2.05) is 0 Å². The summed E-state index contributed by atoms with van der Waals surface area (Å²) in [7, 11) is -2.44. The summed E-state index contributed by atoms with van der Waals surface area (Å²) < 4.78 is 31.8. The van der Waals surface area contributed by atoms with Crippen LogP contribution in [-0.4, -0.2) is 20.5 Å². The number of nitrogen functional groups attached to an aromatic ring is 1. The molecule has 0 saturated heterocycles. The Hall–Kier alpha value is -1.70. The fraction of sp³-hybridized carbons (Fsp3) is 0.0833. The molecule has 0 amide bonds. The Morgan fingerprint density at radius 1 is 1.24 bits per heavy atom. The Morgan fingerprint density at radius 2 is 1.95 bits per heavy atom. The lowest BCUT2D eigenvalue weighted by atomic mass is 10.3. The van der Waals surface area contributed by atoms with Crippen LogP contribution in [0, 0.1) is 0 Å². The van der Waals surface area contributed by atoms with Crippen molar-refractivity contribution >= 4 is 44.6 Å². The standard InChI is InChI=1S/C12H11Cl2N3O3S/c1-20-10-5-2-7(6-16-10)17-21(18,19)9-4-3-8(13)12(15)11(9)14/h2-6,17H,15H2,1H3. The number of nitrogens with two attached hydrogens (primary N) is 1. The van der Waals surface area contributed by atoms with E-state index in [1.54, 1.807) is 0 Å². The number of ether oxygens (including phenoxy) is 1. The first kappa shape index (κ1) is 15.7. The molecule has 0 atom stereocenters. The fourth-order valence-electron chi connectivity index (χ4n) is 1.53. The largest absolute Gasteiger partial charge is 0.481 e. The molecule has 0 spiro atoms. The van der Waals surface area contributed by atoms with Crippen molar-refractivity contribution in [1.29, 1.82) is 0 Å². The van der Waals surface area contributed by atoms with Gasteiger partial charge in [0.05, 0.1) is 34.7 Å². The number of pyridine rings is 1. The lowest BCUT2D eigenvalue weighted by molar-refractivity contribution is 0.398. The summed E-state index contributed by atoms with van der Waals surface area (Å²) in [5.41, 5.74) is 5.90. The van der Waals surface area contributed by atoms with Gasteiger partial charge in [0.2, 0.25) is 5.88 Å². The van der Waals surface area contributed by atoms with E-state index in [-0.39, 0.29) is 26.3 Å². The highest BCUT2D eigenvalue weighted by Gasteiger charge is 2.21. The van der Waals surface area contributed by atoms with E-state index in [2.05, 4.69) is 9.71 Å². The molecule has 1 aromatic heterocycles. The highest BCUT2D eigenvalue weighted by atomic mass is 35.5. The van der Waals surface area contributed by atoms with E-state index in [0.717, 1.165) is 0 Å². The average Bonchev–Trinajstić information content (AvgIpc) is 2.45. The number of nitrogens with one attached hydrogen (secondary N) is 1. The zero-order valence-corrected chi connectivity index (χ0v) is 13.1. The van der Waals surface area contributed by atoms with Crippen LogP contribution in [0.1, 0.15) is 0 Å². The van der Waals surface area contributed by atoms with E-state index < -0.39 is 10.0 Å². The monoisotopic (exact) mass is 347 g/mol. The second-order valence-electron chi connectivity index (χ2n) is 3.97. The van der Waals surface area contributed by atoms with Crippen LogP contribution < -0.4 is 15.2 Å². The van der Waals surface area contributed by atoms with Gasteiger partial charge in [-0.05, 0) is 18.2 Å². The van der Waals surface area contributed by atoms with Gasteiger partial charge in [-0.3, -0.25) is 4.72 Å². The maximum Gasteiger partial charge on any atom is 0.263 e. The number of hydrogen-bond donors (Lipinski definition) is 2. The summed E-state index contributed by atoms with van der Waals surface area (Å²) in [4.78, 5) is 3.74. The van der Waals surface area contributed by atoms with Gasteiger partial charge in [0, 0.05) is 6.07 Å². The van der Waals surface area contributed by atoms with Crippen LogP contribution in [0.15, 0.2) is 35.4 Å². The molecule has 0 radical (unpaired) electrons. The molecule has 9 heteroatoms. The van der Waals surface area contributed by atoms with Crippen molar-refractivity contribution in [2.24, 2.45) is 0 Å². The summed E-state index contributed by atoms with van der Waals surface area (Å²) in [5, 5.41) is 0.0570. The third kappa shape index (κ3) is 3.31. The molecule has 0 fully saturated rings. The van der Waals surface area contributed by atoms with Crippen LogP contribution in [0.25, 0.3) is 0 Å². The highest BCUT2D eigenvalue weighted by Crippen LogP contribution is 2.33. The van der Waals surface area contributed by atoms with Gasteiger partial charge in [0.15, 0.2) is 0 Å². The van der Waals surface area contributed by atoms with Gasteiger partial charge >= 0.3 is 0 Å². The van der Waals surface area contributed by atoms with Crippen LogP contribution in [0.2, 0.25) is 10.0 Å². The Bertz CT molecular complexity index is 764. The summed E-state index contributed by atoms with van der Waals surface area (Å²) >= 11 is 11.7. The molecular weight excluding hydrogens is 337 g/mol. The lowest BCUT2D eigenvalue weighted by Gasteiger charge is -2.11. The number of methoxy groups -OCH3 is 1. The molecule has 2 rings (SSSR count). The van der Waals surface area contributed by atoms with Crippen molar-refractivity contribution in [3.05, 3.63) is 40.5 Å². The molecule has 3 N–H and O–H groups in total. The summed E-state index contributed by atoms with van der Waals surface area (Å²) in [6, 6.07) is 5.68. The minimum Gasteiger partial charge on any atom is -0.481 e. The normalized spacial score (nSPS) is 11.2. The predicted molar refractivity (Wildman–Crippen MR) is 82.5 cm³/mol. The van der Waals surface area contributed by atoms with Crippen LogP contribution >= 0.6 is 23.2 Å². The number of nitrogens with zero attached hydrogens (tertiary/aromatic N) is 1. The Kier molecular flexibility index (Phi) is 4.46. The molecule has 1 aromatic carbocycles. The Balaban J connectivity index is 2.36. The van der Waals surface area contributed by atoms with Crippen LogP contribution in [0.4, 0.5) is 11.4 Å². The molecule has 112 valence electrons. The zero-order chi connectivity index (χ0) is 15.6. The predicted octanol–water partition coefficient (Wildman–Crippen LogP) is 2.78. The summed E-state index contributed by atoms with van der Waals surface area (Å²) in [6.07, 6.45) is 1.32. The molecular formula is C12H11Cl2N3O3S. The van der Waals surface area contributed by atoms with Gasteiger partial charge in [0.1, 0.15) is 4.90 Å². The van der Waals surface area contributed by atoms with E-state index in [0.29, 0.717) is 5.88 Å². The van der Waals surface area contributed by atoms with Gasteiger partial charge in [-0.25, -0.2) is 13.4 Å². The van der Waals surface area contributed by atoms with E-state index in [1.165, 1.54) is 37.6 Å². The van der Waals surface area contributed by atoms with Crippen LogP contribution in [0.5, 0.6) is 5.88 Å². The summed E-state index contributed by atoms with van der Waals surface area (Å²) in [5.74, 6) is 0.367. The van der Waals surface area contributed by atoms with Crippen molar-refractivity contribution in [2.75, 3.05) is 17.6 Å². The number of hydrogen-bond acceptors (Lipinski definition) is 5. The maximum absolute atomic E-state index is 12.3. The Morgan fingerprint density at radius 3 is 2.52 bits per heavy atom. The van der Waals surface area contributed by atoms with Gasteiger partial charge in [-0.2, -0.15) is 0 Å². The average molecular weight is 348 g/mol. The zero-order valence-electron chi connectivity index (χ0n) is 10.8. The molecule has 0 saturated carbocycles. The SMILES string of the molecule is COc1ccc(NS(=O)(=O)c2ccc(Cl)c(N)c2Cl)cn1. The first-order valence-electron chi connectivity index (χ1n) is 5.61. The second kappa shape index (κ2) is 5.97. The lowest BCUT2D eigenvalue weighted by Crippen LogP contribution is -2.14. The highest BCUT2D eigenvalue weighted by molar-refractivity contribution is 7.92. The number of benzene rings is 1. The number of aromatic nitrogens is 1. The molecule has 0 aliphatic rings. The number of halogens is 2. The van der Waals surface area contributed by atoms with E-state index >= 15 is 0 Å². The van der Waals surface area contributed by atoms with Crippen molar-refractivity contribution < 1.29 is 13.2 Å². The third-order valence-electron chi connectivity index (χ3n) is 2.58. The maximum atomic E-state index is 12.3. The van der Waals surface area contributed by atoms with Crippen LogP contribution in [0.3, 0.4) is 0 Å². The van der Waals surface area contributed by atoms with Crippen molar-refractivity contribution in [3.63, 3.8) is 0 Å². The Labute approximate surface area is 131 Å². The minimum absolute atomic E-state index is 0.00839. The van der Waals surface area contributed by atoms with Gasteiger partial charge < -0.3 is 10.5 Å². The van der Waals surface area contributed by atoms with Crippen LogP contribution in [-0.2, 0) is 10.0 Å². The molecule has 6 nitrogen and oxygen atoms in total. The van der Waals surface area contributed by atoms with E-state index in [4.69, 9.17) is 33.7 Å². The molecule has 0 aliphatic heterocycles. The number of sulfonamides is 1. The molecule has 0 unspecified atom stereocenters. The van der Waals surface area contributed by atoms with Gasteiger partial charge in [-0.1, -0.05) is 23.2 Å². The number of anilines is 2. The molecule has 21 heavy (non-hydrogen) atoms. The third-order valence-corrected chi connectivity index (χ3v) is 4.85. The van der Waals surface area contributed by atoms with E-state index in [9.17, 15) is 8.42 Å². The molecule has 1 heterocycles. The first-order valence-corrected chi connectivity index (χ1v) is 7.85. The van der Waals surface area contributed by atoms with Crippen molar-refractivity contribution in [3.8, 4) is 5.88 Å². The fourth-order valence-corrected chi connectivity index (χ4v) is 3.34. The van der Waals surface area contributed by atoms with Crippen molar-refractivity contribution in [1.82, 2.24) is 4.98 Å². The summed E-state index contributed by atoms with van der Waals surface area (Å²) in [6.45, 7) is 0. The first-order chi connectivity index (χ1) is 9.85. The smallest absolute Gasteiger partial charge is 0.263 e. The van der Waals surface area contributed by atoms with Gasteiger partial charge in [-0.15, -0.1) is 0 Å². The van der Waals surface area contributed by atoms with Gasteiger partial charge in [0.25, 0.3) is 10.0 Å². The molecule has 2 aromatic rings. The quantitative estimate of drug-likeness (QED) is 0.829. The van der Waals surface area contributed by atoms with Crippen molar-refractivity contribution in [2.45, 2.75) is 4.90 Å². The molecule has 0 aliphatic carbocycles. The topological polar surface area (TPSA) is 94.3 Å². The second-order valence-corrected chi connectivity index (χ2v) is 6.40. The number of rotatable bonds is 4.